The Bertz CT molecular complexity index is 951. The molecule has 1 N–H and O–H groups in total. The van der Waals surface area contributed by atoms with Crippen LogP contribution in [-0.4, -0.2) is 59.9 Å². The van der Waals surface area contributed by atoms with E-state index in [1.165, 1.54) is 28.4 Å². The Morgan fingerprint density at radius 2 is 1.48 bits per heavy atom. The maximum atomic E-state index is 12.8. The summed E-state index contributed by atoms with van der Waals surface area (Å²) in [6.45, 7) is 0.338. The summed E-state index contributed by atoms with van der Waals surface area (Å²) >= 11 is 0. The Labute approximate surface area is 180 Å². The first-order valence-electron chi connectivity index (χ1n) is 9.59. The van der Waals surface area contributed by atoms with Gasteiger partial charge in [-0.15, -0.1) is 0 Å². The molecule has 0 aliphatic carbocycles. The average molecular weight is 430 g/mol. The van der Waals surface area contributed by atoms with Crippen molar-refractivity contribution in [2.45, 2.75) is 12.5 Å². The fraction of sp³-hybridized carbons (Fsp3) is 0.364. The van der Waals surface area contributed by atoms with E-state index in [4.69, 9.17) is 23.7 Å². The van der Waals surface area contributed by atoms with Crippen molar-refractivity contribution in [2.75, 3.05) is 47.0 Å². The van der Waals surface area contributed by atoms with Crippen molar-refractivity contribution in [3.8, 4) is 28.7 Å². The number of hydrogen-bond acceptors (Lipinski definition) is 7. The largest absolute Gasteiger partial charge is 0.493 e. The van der Waals surface area contributed by atoms with Gasteiger partial charge in [-0.1, -0.05) is 0 Å². The summed E-state index contributed by atoms with van der Waals surface area (Å²) in [5.74, 6) is 1.82. The van der Waals surface area contributed by atoms with Gasteiger partial charge in [-0.05, 0) is 24.3 Å². The van der Waals surface area contributed by atoms with Crippen LogP contribution in [0, 0.1) is 0 Å². The minimum absolute atomic E-state index is 0.0950. The van der Waals surface area contributed by atoms with E-state index in [-0.39, 0.29) is 24.3 Å². The summed E-state index contributed by atoms with van der Waals surface area (Å²) in [6, 6.07) is 8.04. The van der Waals surface area contributed by atoms with Gasteiger partial charge < -0.3 is 33.9 Å². The number of ether oxygens (including phenoxy) is 5. The summed E-state index contributed by atoms with van der Waals surface area (Å²) < 4.78 is 26.5. The molecule has 2 aromatic rings. The molecule has 1 aliphatic rings. The van der Waals surface area contributed by atoms with Crippen LogP contribution in [0.2, 0.25) is 0 Å². The fourth-order valence-electron chi connectivity index (χ4n) is 3.53. The molecular weight excluding hydrogens is 404 g/mol. The van der Waals surface area contributed by atoms with Crippen molar-refractivity contribution in [1.29, 1.82) is 0 Å². The zero-order valence-electron chi connectivity index (χ0n) is 18.2. The van der Waals surface area contributed by atoms with E-state index in [0.717, 1.165) is 0 Å². The maximum absolute atomic E-state index is 12.8. The topological polar surface area (TPSA) is 95.6 Å². The normalized spacial score (nSPS) is 15.5. The van der Waals surface area contributed by atoms with E-state index in [1.807, 2.05) is 0 Å². The summed E-state index contributed by atoms with van der Waals surface area (Å²) in [5, 5.41) is 2.91. The molecule has 0 radical (unpaired) electrons. The smallest absolute Gasteiger partial charge is 0.251 e. The maximum Gasteiger partial charge on any atom is 0.251 e. The number of benzene rings is 2. The third kappa shape index (κ3) is 4.45. The fourth-order valence-corrected chi connectivity index (χ4v) is 3.53. The van der Waals surface area contributed by atoms with Crippen molar-refractivity contribution in [1.82, 2.24) is 5.32 Å². The van der Waals surface area contributed by atoms with Gasteiger partial charge in [0.05, 0.1) is 41.6 Å². The third-order valence-electron chi connectivity index (χ3n) is 5.07. The molecule has 1 saturated heterocycles. The van der Waals surface area contributed by atoms with E-state index in [1.54, 1.807) is 42.3 Å². The number of nitrogens with zero attached hydrogens (tertiary/aromatic N) is 1. The molecule has 1 fully saturated rings. The van der Waals surface area contributed by atoms with Crippen LogP contribution >= 0.6 is 0 Å². The lowest BCUT2D eigenvalue weighted by molar-refractivity contribution is -0.117. The molecule has 0 spiro atoms. The summed E-state index contributed by atoms with van der Waals surface area (Å²) in [4.78, 5) is 27.0. The van der Waals surface area contributed by atoms with Gasteiger partial charge in [0, 0.05) is 30.3 Å². The number of carbonyl (C=O) groups excluding carboxylic acids is 2. The molecule has 3 rings (SSSR count). The highest BCUT2D eigenvalue weighted by Crippen LogP contribution is 2.38. The number of methoxy groups -OCH3 is 5. The van der Waals surface area contributed by atoms with Gasteiger partial charge in [-0.3, -0.25) is 9.59 Å². The van der Waals surface area contributed by atoms with Crippen LogP contribution in [0.3, 0.4) is 0 Å². The van der Waals surface area contributed by atoms with Crippen LogP contribution in [0.5, 0.6) is 28.7 Å². The van der Waals surface area contributed by atoms with Gasteiger partial charge in [0.15, 0.2) is 23.0 Å². The Kier molecular flexibility index (Phi) is 6.74. The molecule has 0 saturated carbocycles. The zero-order chi connectivity index (χ0) is 22.5. The molecule has 2 amide bonds. The SMILES string of the molecule is COc1ccc(N2CC(NC(=O)c3cc(OC)c(OC)c(OC)c3)CC2=O)cc1OC. The van der Waals surface area contributed by atoms with Crippen LogP contribution in [0.15, 0.2) is 30.3 Å². The quantitative estimate of drug-likeness (QED) is 0.686. The zero-order valence-corrected chi connectivity index (χ0v) is 18.2. The highest BCUT2D eigenvalue weighted by Gasteiger charge is 2.32. The van der Waals surface area contributed by atoms with Gasteiger partial charge in [0.25, 0.3) is 5.91 Å². The molecule has 1 unspecified atom stereocenters. The minimum atomic E-state index is -0.354. The van der Waals surface area contributed by atoms with Crippen LogP contribution in [-0.2, 0) is 4.79 Å². The minimum Gasteiger partial charge on any atom is -0.493 e. The first kappa shape index (κ1) is 22.1. The van der Waals surface area contributed by atoms with Gasteiger partial charge in [0.2, 0.25) is 11.7 Å². The van der Waals surface area contributed by atoms with Crippen LogP contribution in [0.4, 0.5) is 5.69 Å². The second kappa shape index (κ2) is 9.46. The number of hydrogen-bond donors (Lipinski definition) is 1. The lowest BCUT2D eigenvalue weighted by Gasteiger charge is -2.19. The Balaban J connectivity index is 1.76. The van der Waals surface area contributed by atoms with E-state index in [9.17, 15) is 9.59 Å². The van der Waals surface area contributed by atoms with Gasteiger partial charge in [-0.25, -0.2) is 0 Å². The van der Waals surface area contributed by atoms with Crippen molar-refractivity contribution >= 4 is 17.5 Å². The molecule has 9 nitrogen and oxygen atoms in total. The number of rotatable bonds is 8. The molecule has 9 heteroatoms. The second-order valence-corrected chi connectivity index (χ2v) is 6.83. The predicted molar refractivity (Wildman–Crippen MR) is 114 cm³/mol. The molecule has 1 aliphatic heterocycles. The first-order chi connectivity index (χ1) is 14.9. The van der Waals surface area contributed by atoms with Gasteiger partial charge >= 0.3 is 0 Å². The van der Waals surface area contributed by atoms with E-state index in [0.29, 0.717) is 46.5 Å². The number of carbonyl (C=O) groups is 2. The number of amides is 2. The lowest BCUT2D eigenvalue weighted by atomic mass is 10.1. The van der Waals surface area contributed by atoms with Crippen molar-refractivity contribution in [3.63, 3.8) is 0 Å². The molecule has 0 bridgehead atoms. The standard InChI is InChI=1S/C22H26N2O7/c1-27-16-7-6-15(11-17(16)28-2)24-12-14(10-20(24)25)23-22(26)13-8-18(29-3)21(31-5)19(9-13)30-4/h6-9,11,14H,10,12H2,1-5H3,(H,23,26). The van der Waals surface area contributed by atoms with Crippen LogP contribution in [0.1, 0.15) is 16.8 Å². The highest BCUT2D eigenvalue weighted by molar-refractivity contribution is 5.99. The summed E-state index contributed by atoms with van der Waals surface area (Å²) in [6.07, 6.45) is 0.185. The molecule has 166 valence electrons. The summed E-state index contributed by atoms with van der Waals surface area (Å²) in [7, 11) is 7.54. The van der Waals surface area contributed by atoms with E-state index < -0.39 is 0 Å². The Hall–Kier alpha value is -3.62. The molecular formula is C22H26N2O7. The number of nitrogens with one attached hydrogen (secondary N) is 1. The van der Waals surface area contributed by atoms with E-state index in [2.05, 4.69) is 5.32 Å². The third-order valence-corrected chi connectivity index (χ3v) is 5.07. The number of anilines is 1. The Morgan fingerprint density at radius 1 is 0.871 bits per heavy atom. The molecule has 2 aromatic carbocycles. The average Bonchev–Trinajstić information content (AvgIpc) is 3.16. The van der Waals surface area contributed by atoms with Crippen LogP contribution < -0.4 is 33.9 Å². The molecule has 31 heavy (non-hydrogen) atoms. The van der Waals surface area contributed by atoms with Gasteiger partial charge in [0.1, 0.15) is 0 Å². The monoisotopic (exact) mass is 430 g/mol. The van der Waals surface area contributed by atoms with Crippen molar-refractivity contribution < 1.29 is 33.3 Å². The van der Waals surface area contributed by atoms with Crippen molar-refractivity contribution in [2.24, 2.45) is 0 Å². The predicted octanol–water partition coefficient (Wildman–Crippen LogP) is 2.26. The van der Waals surface area contributed by atoms with Gasteiger partial charge in [-0.2, -0.15) is 0 Å². The lowest BCUT2D eigenvalue weighted by Crippen LogP contribution is -2.37. The highest BCUT2D eigenvalue weighted by atomic mass is 16.5. The summed E-state index contributed by atoms with van der Waals surface area (Å²) in [5.41, 5.74) is 1.01. The van der Waals surface area contributed by atoms with E-state index >= 15 is 0 Å². The van der Waals surface area contributed by atoms with Crippen LogP contribution in [0.25, 0.3) is 0 Å². The van der Waals surface area contributed by atoms with Crippen molar-refractivity contribution in [3.05, 3.63) is 35.9 Å². The first-order valence-corrected chi connectivity index (χ1v) is 9.59. The molecule has 1 atom stereocenters. The molecule has 1 heterocycles. The second-order valence-electron chi connectivity index (χ2n) is 6.83. The Morgan fingerprint density at radius 3 is 2.03 bits per heavy atom. The molecule has 0 aromatic heterocycles.